The highest BCUT2D eigenvalue weighted by Gasteiger charge is 2.30. The van der Waals surface area contributed by atoms with Gasteiger partial charge in [-0.3, -0.25) is 9.59 Å². The maximum atomic E-state index is 15.0. The maximum absolute atomic E-state index is 15.0. The summed E-state index contributed by atoms with van der Waals surface area (Å²) in [4.78, 5) is 43.9. The smallest absolute Gasteiger partial charge is 0.323 e. The molecule has 3 amide bonds. The normalized spacial score (nSPS) is 15.3. The van der Waals surface area contributed by atoms with Gasteiger partial charge in [-0.15, -0.1) is 0 Å². The van der Waals surface area contributed by atoms with E-state index in [2.05, 4.69) is 20.9 Å². The lowest BCUT2D eigenvalue weighted by molar-refractivity contribution is 0.0950. The molecule has 238 valence electrons. The Morgan fingerprint density at radius 2 is 1.76 bits per heavy atom. The van der Waals surface area contributed by atoms with Crippen LogP contribution in [-0.2, 0) is 0 Å². The Labute approximate surface area is 265 Å². The third kappa shape index (κ3) is 6.45. The number of fused-ring (bicyclic) bond motifs is 2. The van der Waals surface area contributed by atoms with Gasteiger partial charge in [-0.05, 0) is 87.5 Å². The molecule has 0 atom stereocenters. The SMILES string of the molecule is COc1cc(F)c2[nH]c(C3CCCC3)c(C=C3Oc4ccc(NC(=O)Nc5ccc(C(=O)NCCN(C)C)cc5)cc4C3=O)c2c1. The van der Waals surface area contributed by atoms with E-state index in [1.807, 2.05) is 19.0 Å². The van der Waals surface area contributed by atoms with Crippen molar-refractivity contribution in [3.05, 3.63) is 88.6 Å². The monoisotopic (exact) mass is 625 g/mol. The lowest BCUT2D eigenvalue weighted by atomic mass is 9.97. The van der Waals surface area contributed by atoms with Gasteiger partial charge in [-0.2, -0.15) is 0 Å². The highest BCUT2D eigenvalue weighted by atomic mass is 19.1. The third-order valence-electron chi connectivity index (χ3n) is 8.35. The van der Waals surface area contributed by atoms with E-state index in [9.17, 15) is 14.4 Å². The fourth-order valence-electron chi connectivity index (χ4n) is 5.97. The highest BCUT2D eigenvalue weighted by Crippen LogP contribution is 2.42. The zero-order valence-electron chi connectivity index (χ0n) is 26.0. The molecule has 1 fully saturated rings. The topological polar surface area (TPSA) is 125 Å². The molecule has 0 saturated heterocycles. The maximum Gasteiger partial charge on any atom is 0.323 e. The Bertz CT molecular complexity index is 1840. The first-order valence-corrected chi connectivity index (χ1v) is 15.3. The van der Waals surface area contributed by atoms with Crippen molar-refractivity contribution in [3.63, 3.8) is 0 Å². The van der Waals surface area contributed by atoms with Crippen molar-refractivity contribution < 1.29 is 28.2 Å². The number of halogens is 1. The molecule has 6 rings (SSSR count). The first-order chi connectivity index (χ1) is 22.2. The van der Waals surface area contributed by atoms with E-state index in [0.717, 1.165) is 37.9 Å². The van der Waals surface area contributed by atoms with Crippen LogP contribution in [0.3, 0.4) is 0 Å². The fourth-order valence-corrected chi connectivity index (χ4v) is 5.97. The summed E-state index contributed by atoms with van der Waals surface area (Å²) < 4.78 is 26.3. The number of allylic oxidation sites excluding steroid dienone is 1. The van der Waals surface area contributed by atoms with Gasteiger partial charge < -0.3 is 35.3 Å². The number of anilines is 2. The number of aromatic amines is 1. The molecular weight excluding hydrogens is 589 g/mol. The first-order valence-electron chi connectivity index (χ1n) is 15.3. The molecule has 0 radical (unpaired) electrons. The minimum absolute atomic E-state index is 0.116. The molecule has 3 aromatic carbocycles. The molecule has 2 heterocycles. The van der Waals surface area contributed by atoms with Crippen LogP contribution in [0, 0.1) is 5.82 Å². The summed E-state index contributed by atoms with van der Waals surface area (Å²) in [5.41, 5.74) is 3.66. The lowest BCUT2D eigenvalue weighted by Crippen LogP contribution is -2.31. The first kappa shape index (κ1) is 30.8. The van der Waals surface area contributed by atoms with Gasteiger partial charge in [0.1, 0.15) is 11.5 Å². The van der Waals surface area contributed by atoms with Crippen LogP contribution in [0.25, 0.3) is 17.0 Å². The average Bonchev–Trinajstić information content (AvgIpc) is 3.76. The molecule has 11 heteroatoms. The molecule has 46 heavy (non-hydrogen) atoms. The number of carbonyl (C=O) groups is 3. The predicted molar refractivity (Wildman–Crippen MR) is 175 cm³/mol. The van der Waals surface area contributed by atoms with Gasteiger partial charge in [0, 0.05) is 52.7 Å². The second kappa shape index (κ2) is 13.1. The number of benzene rings is 3. The summed E-state index contributed by atoms with van der Waals surface area (Å²) in [6.45, 7) is 1.26. The van der Waals surface area contributed by atoms with Crippen molar-refractivity contribution in [3.8, 4) is 11.5 Å². The zero-order valence-corrected chi connectivity index (χ0v) is 26.0. The zero-order chi connectivity index (χ0) is 32.4. The number of nitrogens with zero attached hydrogens (tertiary/aromatic N) is 1. The Morgan fingerprint density at radius 3 is 2.48 bits per heavy atom. The quantitative estimate of drug-likeness (QED) is 0.157. The number of amides is 3. The number of nitrogens with one attached hydrogen (secondary N) is 4. The van der Waals surface area contributed by atoms with Crippen LogP contribution >= 0.6 is 0 Å². The second-order valence-corrected chi connectivity index (χ2v) is 11.8. The van der Waals surface area contributed by atoms with Gasteiger partial charge in [0.25, 0.3) is 5.91 Å². The molecular formula is C35H36FN5O5. The molecule has 1 saturated carbocycles. The predicted octanol–water partition coefficient (Wildman–Crippen LogP) is 6.52. The summed E-state index contributed by atoms with van der Waals surface area (Å²) in [5.74, 6) is 0.134. The number of hydrogen-bond donors (Lipinski definition) is 4. The molecule has 4 aromatic rings. The van der Waals surface area contributed by atoms with Gasteiger partial charge in [0.2, 0.25) is 5.78 Å². The van der Waals surface area contributed by atoms with Crippen molar-refractivity contribution in [1.82, 2.24) is 15.2 Å². The average molecular weight is 626 g/mol. The number of carbonyl (C=O) groups excluding carboxylic acids is 3. The molecule has 1 aliphatic heterocycles. The highest BCUT2D eigenvalue weighted by molar-refractivity contribution is 6.16. The van der Waals surface area contributed by atoms with Gasteiger partial charge >= 0.3 is 6.03 Å². The number of methoxy groups -OCH3 is 1. The largest absolute Gasteiger partial charge is 0.497 e. The Hall–Kier alpha value is -5.16. The van der Waals surface area contributed by atoms with Crippen LogP contribution in [0.4, 0.5) is 20.6 Å². The van der Waals surface area contributed by atoms with Crippen molar-refractivity contribution in [2.75, 3.05) is 44.9 Å². The van der Waals surface area contributed by atoms with E-state index < -0.39 is 11.8 Å². The lowest BCUT2D eigenvalue weighted by Gasteiger charge is -2.11. The number of rotatable bonds is 9. The number of H-pyrrole nitrogens is 1. The number of aromatic nitrogens is 1. The van der Waals surface area contributed by atoms with Gasteiger partial charge in [0.05, 0.1) is 18.2 Å². The molecule has 0 unspecified atom stereocenters. The van der Waals surface area contributed by atoms with E-state index in [1.54, 1.807) is 54.6 Å². The minimum Gasteiger partial charge on any atom is -0.497 e. The molecule has 10 nitrogen and oxygen atoms in total. The molecule has 4 N–H and O–H groups in total. The van der Waals surface area contributed by atoms with E-state index in [1.165, 1.54) is 13.2 Å². The minimum atomic E-state index is -0.513. The van der Waals surface area contributed by atoms with Gasteiger partial charge in [-0.1, -0.05) is 12.8 Å². The molecule has 2 aliphatic rings. The number of likely N-dealkylation sites (N-methyl/N-ethyl adjacent to an activating group) is 1. The molecule has 1 aromatic heterocycles. The van der Waals surface area contributed by atoms with Crippen molar-refractivity contribution in [1.29, 1.82) is 0 Å². The standard InChI is InChI=1S/C35H36FN5O5/c1-41(2)15-14-37-34(43)21-8-10-22(11-9-21)38-35(44)39-23-12-13-29-27(16-23)33(42)30(46-29)19-26-25-17-24(45-3)18-28(36)32(25)40-31(26)20-6-4-5-7-20/h8-13,16-20,40H,4-7,14-15H2,1-3H3,(H,37,43)(H2,38,39,44). The Morgan fingerprint density at radius 1 is 1.04 bits per heavy atom. The Balaban J connectivity index is 1.17. The summed E-state index contributed by atoms with van der Waals surface area (Å²) >= 11 is 0. The molecule has 1 aliphatic carbocycles. The number of Topliss-reactive ketones (excluding diaryl/α,β-unsaturated/α-hetero) is 1. The van der Waals surface area contributed by atoms with E-state index in [0.29, 0.717) is 57.0 Å². The van der Waals surface area contributed by atoms with Crippen molar-refractivity contribution >= 4 is 46.1 Å². The van der Waals surface area contributed by atoms with Crippen LogP contribution in [0.5, 0.6) is 11.5 Å². The summed E-state index contributed by atoms with van der Waals surface area (Å²) in [6, 6.07) is 14.0. The number of hydrogen-bond acceptors (Lipinski definition) is 6. The van der Waals surface area contributed by atoms with E-state index in [4.69, 9.17) is 9.47 Å². The second-order valence-electron chi connectivity index (χ2n) is 11.8. The molecule has 0 spiro atoms. The van der Waals surface area contributed by atoms with Gasteiger partial charge in [0.15, 0.2) is 11.6 Å². The number of urea groups is 1. The summed E-state index contributed by atoms with van der Waals surface area (Å²) in [7, 11) is 5.35. The number of ether oxygens (including phenoxy) is 2. The fraction of sp³-hybridized carbons (Fsp3) is 0.286. The number of ketones is 1. The van der Waals surface area contributed by atoms with Crippen LogP contribution in [0.1, 0.15) is 63.6 Å². The van der Waals surface area contributed by atoms with Crippen LogP contribution in [-0.4, -0.2) is 61.9 Å². The van der Waals surface area contributed by atoms with E-state index >= 15 is 4.39 Å². The van der Waals surface area contributed by atoms with Crippen LogP contribution in [0.2, 0.25) is 0 Å². The third-order valence-corrected chi connectivity index (χ3v) is 8.35. The van der Waals surface area contributed by atoms with Gasteiger partial charge in [-0.25, -0.2) is 9.18 Å². The van der Waals surface area contributed by atoms with Crippen molar-refractivity contribution in [2.24, 2.45) is 0 Å². The van der Waals surface area contributed by atoms with Crippen LogP contribution < -0.4 is 25.4 Å². The van der Waals surface area contributed by atoms with Crippen LogP contribution in [0.15, 0.2) is 60.4 Å². The summed E-state index contributed by atoms with van der Waals surface area (Å²) in [6.07, 6.45) is 5.81. The van der Waals surface area contributed by atoms with E-state index in [-0.39, 0.29) is 23.4 Å². The molecule has 0 bridgehead atoms. The summed E-state index contributed by atoms with van der Waals surface area (Å²) in [5, 5.41) is 8.95. The van der Waals surface area contributed by atoms with Crippen molar-refractivity contribution in [2.45, 2.75) is 31.6 Å². The Kier molecular flexibility index (Phi) is 8.76.